The Morgan fingerprint density at radius 1 is 0.897 bits per heavy atom. The van der Waals surface area contributed by atoms with Gasteiger partial charge in [-0.25, -0.2) is 9.59 Å². The van der Waals surface area contributed by atoms with Crippen molar-refractivity contribution in [3.63, 3.8) is 0 Å². The molecule has 68 heavy (non-hydrogen) atoms. The van der Waals surface area contributed by atoms with Crippen molar-refractivity contribution < 1.29 is 67.8 Å². The third kappa shape index (κ3) is 15.0. The number of nitrogens with one attached hydrogen (secondary N) is 1. The van der Waals surface area contributed by atoms with Crippen molar-refractivity contribution in [1.29, 1.82) is 0 Å². The van der Waals surface area contributed by atoms with E-state index in [1.807, 2.05) is 39.0 Å². The quantitative estimate of drug-likeness (QED) is 0.139. The van der Waals surface area contributed by atoms with E-state index in [2.05, 4.69) is 5.32 Å². The molecule has 0 aromatic rings. The second-order valence-corrected chi connectivity index (χ2v) is 20.1. The van der Waals surface area contributed by atoms with Gasteiger partial charge in [0.1, 0.15) is 30.1 Å². The number of rotatable bonds is 6. The smallest absolute Gasteiger partial charge is 0.407 e. The lowest BCUT2D eigenvalue weighted by atomic mass is 9.78. The maximum atomic E-state index is 14.4. The van der Waals surface area contributed by atoms with Crippen molar-refractivity contribution in [2.75, 3.05) is 27.9 Å². The molecule has 1 unspecified atom stereocenters. The molecule has 3 heterocycles. The number of hydrogen-bond donors (Lipinski definition) is 4. The topological polar surface area (TPSA) is 225 Å². The summed E-state index contributed by atoms with van der Waals surface area (Å²) in [4.78, 5) is 84.6. The average Bonchev–Trinajstić information content (AvgIpc) is 3.31. The van der Waals surface area contributed by atoms with E-state index in [0.29, 0.717) is 68.9 Å². The molecule has 2 saturated heterocycles. The number of alkyl carbamates (subject to hydrolysis) is 1. The van der Waals surface area contributed by atoms with Crippen molar-refractivity contribution in [2.24, 2.45) is 35.5 Å². The summed E-state index contributed by atoms with van der Waals surface area (Å²) >= 11 is 0. The van der Waals surface area contributed by atoms with Crippen LogP contribution < -0.4 is 5.32 Å². The fourth-order valence-electron chi connectivity index (χ4n) is 10.2. The second-order valence-electron chi connectivity index (χ2n) is 20.1. The van der Waals surface area contributed by atoms with Gasteiger partial charge >= 0.3 is 12.1 Å². The molecule has 2 amide bonds. The van der Waals surface area contributed by atoms with E-state index in [0.717, 1.165) is 4.90 Å². The molecule has 0 aromatic carbocycles. The van der Waals surface area contributed by atoms with Crippen LogP contribution in [0.5, 0.6) is 0 Å². The highest BCUT2D eigenvalue weighted by atomic mass is 16.6. The highest BCUT2D eigenvalue weighted by Crippen LogP contribution is 2.37. The first-order chi connectivity index (χ1) is 32.1. The molecule has 382 valence electrons. The van der Waals surface area contributed by atoms with Gasteiger partial charge in [-0.1, -0.05) is 76.6 Å². The zero-order valence-corrected chi connectivity index (χ0v) is 42.0. The van der Waals surface area contributed by atoms with Crippen molar-refractivity contribution in [1.82, 2.24) is 10.2 Å². The number of piperidine rings is 1. The zero-order chi connectivity index (χ0) is 50.5. The van der Waals surface area contributed by atoms with Crippen LogP contribution in [0.4, 0.5) is 4.79 Å². The molecule has 1 aliphatic carbocycles. The Bertz CT molecular complexity index is 1880. The molecule has 0 spiro atoms. The predicted octanol–water partition coefficient (Wildman–Crippen LogP) is 5.89. The van der Waals surface area contributed by atoms with Crippen molar-refractivity contribution >= 4 is 35.3 Å². The lowest BCUT2D eigenvalue weighted by Gasteiger charge is -2.43. The number of hydrogen-bond acceptors (Lipinski definition) is 14. The summed E-state index contributed by atoms with van der Waals surface area (Å²) in [5.74, 6) is -8.50. The number of nitrogens with zero attached hydrogens (tertiary/aromatic N) is 1. The van der Waals surface area contributed by atoms with Gasteiger partial charge in [-0.3, -0.25) is 19.2 Å². The van der Waals surface area contributed by atoms with Crippen LogP contribution in [0.2, 0.25) is 0 Å². The lowest BCUT2D eigenvalue weighted by Crippen LogP contribution is -2.61. The Hall–Kier alpha value is -4.06. The minimum absolute atomic E-state index is 0.0344. The van der Waals surface area contributed by atoms with E-state index in [9.17, 15) is 44.1 Å². The van der Waals surface area contributed by atoms with E-state index in [1.54, 1.807) is 53.0 Å². The number of aliphatic hydroxyl groups excluding tert-OH is 2. The lowest BCUT2D eigenvalue weighted by molar-refractivity contribution is -0.264. The summed E-state index contributed by atoms with van der Waals surface area (Å²) in [6.45, 7) is 12.4. The Balaban J connectivity index is 1.73. The van der Waals surface area contributed by atoms with Crippen molar-refractivity contribution in [3.05, 3.63) is 47.6 Å². The molecule has 16 nitrogen and oxygen atoms in total. The number of ketones is 3. The first kappa shape index (κ1) is 56.5. The highest BCUT2D eigenvalue weighted by molar-refractivity contribution is 6.39. The maximum Gasteiger partial charge on any atom is 0.407 e. The fraction of sp³-hybridized carbons (Fsp3) is 0.731. The highest BCUT2D eigenvalue weighted by Gasteiger charge is 2.53. The van der Waals surface area contributed by atoms with Crippen LogP contribution in [0, 0.1) is 35.5 Å². The third-order valence-corrected chi connectivity index (χ3v) is 14.7. The number of fused-ring (bicyclic) bond motifs is 3. The number of esters is 1. The summed E-state index contributed by atoms with van der Waals surface area (Å²) in [6, 6.07) is -1.83. The normalized spacial score (nSPS) is 37.8. The van der Waals surface area contributed by atoms with Gasteiger partial charge in [0.05, 0.1) is 31.5 Å². The van der Waals surface area contributed by atoms with Crippen LogP contribution in [-0.2, 0) is 47.7 Å². The van der Waals surface area contributed by atoms with Crippen LogP contribution in [0.15, 0.2) is 47.6 Å². The number of aliphatic hydroxyl groups is 3. The van der Waals surface area contributed by atoms with Gasteiger partial charge in [-0.15, -0.1) is 0 Å². The van der Waals surface area contributed by atoms with Gasteiger partial charge < -0.3 is 49.2 Å². The van der Waals surface area contributed by atoms with Gasteiger partial charge in [0.25, 0.3) is 11.7 Å². The van der Waals surface area contributed by atoms with Gasteiger partial charge in [-0.2, -0.15) is 0 Å². The predicted molar refractivity (Wildman–Crippen MR) is 254 cm³/mol. The van der Waals surface area contributed by atoms with E-state index >= 15 is 0 Å². The van der Waals surface area contributed by atoms with Crippen LogP contribution >= 0.6 is 0 Å². The van der Waals surface area contributed by atoms with Gasteiger partial charge in [-0.05, 0) is 108 Å². The summed E-state index contributed by atoms with van der Waals surface area (Å²) < 4.78 is 28.4. The number of methoxy groups -OCH3 is 3. The first-order valence-electron chi connectivity index (χ1n) is 24.6. The number of carbonyl (C=O) groups is 6. The summed E-state index contributed by atoms with van der Waals surface area (Å²) in [5.41, 5.74) is 1.08. The summed E-state index contributed by atoms with van der Waals surface area (Å²) in [7, 11) is 4.16. The van der Waals surface area contributed by atoms with Crippen molar-refractivity contribution in [2.45, 2.75) is 180 Å². The van der Waals surface area contributed by atoms with Crippen LogP contribution in [-0.4, -0.2) is 138 Å². The summed E-state index contributed by atoms with van der Waals surface area (Å²) in [6.07, 6.45) is 9.63. The van der Waals surface area contributed by atoms with Crippen molar-refractivity contribution in [3.8, 4) is 0 Å². The van der Waals surface area contributed by atoms with E-state index in [1.165, 1.54) is 14.2 Å². The molecule has 3 aliphatic heterocycles. The number of cyclic esters (lactones) is 1. The Kier molecular flexibility index (Phi) is 21.8. The Labute approximate surface area is 403 Å². The molecule has 16 heteroatoms. The minimum atomic E-state index is -2.53. The van der Waals surface area contributed by atoms with E-state index < -0.39 is 89.9 Å². The van der Waals surface area contributed by atoms with E-state index in [-0.39, 0.29) is 61.2 Å². The van der Waals surface area contributed by atoms with Crippen LogP contribution in [0.3, 0.4) is 0 Å². The Morgan fingerprint density at radius 3 is 2.29 bits per heavy atom. The number of carbonyl (C=O) groups excluding carboxylic acids is 6. The average molecular weight is 957 g/mol. The second kappa shape index (κ2) is 26.2. The standard InChI is InChI=1S/C52H80N2O14/c1-30-16-12-11-13-17-31(2)39(53-51(62)66-10)28-38-21-19-36(7)52(63,68-38)48(59)49(60)54-23-15-14-18-40(54)50(61)67-43(33(4)26-37-20-22-41(55)44(27-37)64-8)29-42(56)32(3)25-35(6)46(58)47(65-9)45(57)34(5)24-30/h11-13,16-17,25,30,32-34,36-41,43-44,46-47,55,58,63H,14-15,18-24,26-29H2,1-10H3,(H,53,62)/b13-11?,16-12+,31-17?,35-25+/t30-,32-,33-,34-,36-,37+,38+,39?,40+,41-,43+,44-,46-,47+,52-/m1/s1. The fourth-order valence-corrected chi connectivity index (χ4v) is 10.2. The number of allylic oxidation sites excluding steroid dienone is 6. The minimum Gasteiger partial charge on any atom is -0.460 e. The maximum absolute atomic E-state index is 14.4. The SMILES string of the molecule is COC(=O)NC1C[C@@H]2CC[C@@H](C)[C@@](O)(O2)C(=O)C(=O)N2CCCC[C@H]2C(=O)O[C@H]([C@H](C)C[C@@H]2CC[C@@H](O)[C@H](OC)C2)CC(=O)[C@H](C)/C=C(\C)[C@@H](O)[C@@H](OC)C(=O)[C@H](C)C[C@H](C)/C=C/C=CC=C1C. The molecular formula is C52H80N2O14. The largest absolute Gasteiger partial charge is 0.460 e. The van der Waals surface area contributed by atoms with Gasteiger partial charge in [0.15, 0.2) is 5.78 Å². The zero-order valence-electron chi connectivity index (χ0n) is 42.0. The molecule has 4 N–H and O–H groups in total. The molecule has 0 aromatic heterocycles. The van der Waals surface area contributed by atoms with Crippen LogP contribution in [0.1, 0.15) is 126 Å². The molecule has 2 bridgehead atoms. The molecule has 15 atom stereocenters. The Morgan fingerprint density at radius 2 is 1.62 bits per heavy atom. The van der Waals surface area contributed by atoms with E-state index in [4.69, 9.17) is 23.7 Å². The number of amides is 2. The molecule has 1 saturated carbocycles. The van der Waals surface area contributed by atoms with Crippen LogP contribution in [0.25, 0.3) is 0 Å². The molecule has 3 fully saturated rings. The summed E-state index contributed by atoms with van der Waals surface area (Å²) in [5, 5.41) is 36.8. The first-order valence-corrected chi connectivity index (χ1v) is 24.6. The van der Waals surface area contributed by atoms with Gasteiger partial charge in [0, 0.05) is 44.9 Å². The molecule has 4 rings (SSSR count). The monoisotopic (exact) mass is 957 g/mol. The number of Topliss-reactive ketones (excluding diaryl/α,β-unsaturated/α-hetero) is 3. The van der Waals surface area contributed by atoms with Gasteiger partial charge in [0.2, 0.25) is 5.79 Å². The molecule has 4 aliphatic rings. The number of ether oxygens (including phenoxy) is 5. The third-order valence-electron chi connectivity index (χ3n) is 14.7. The molecule has 0 radical (unpaired) electrons. The molecular weight excluding hydrogens is 877 g/mol.